The van der Waals surface area contributed by atoms with Gasteiger partial charge in [0.2, 0.25) is 11.8 Å². The molecular formula is C26H47N3O4. The van der Waals surface area contributed by atoms with E-state index >= 15 is 0 Å². The number of esters is 1. The Morgan fingerprint density at radius 1 is 1.15 bits per heavy atom. The van der Waals surface area contributed by atoms with Gasteiger partial charge in [-0.05, 0) is 58.4 Å². The molecule has 1 unspecified atom stereocenters. The Morgan fingerprint density at radius 3 is 2.24 bits per heavy atom. The number of likely N-dealkylation sites (N-methyl/N-ethyl adjacent to an activating group) is 1. The summed E-state index contributed by atoms with van der Waals surface area (Å²) in [5.41, 5.74) is 0.000989. The van der Waals surface area contributed by atoms with Gasteiger partial charge in [0.05, 0.1) is 18.7 Å². The summed E-state index contributed by atoms with van der Waals surface area (Å²) in [6, 6.07) is -0.920. The Hall–Kier alpha value is -1.89. The summed E-state index contributed by atoms with van der Waals surface area (Å²) in [5, 5.41) is 3.10. The third kappa shape index (κ3) is 8.13. The molecule has 0 aromatic rings. The zero-order chi connectivity index (χ0) is 25.5. The van der Waals surface area contributed by atoms with E-state index in [0.717, 1.165) is 25.8 Å². The Balaban J connectivity index is 3.15. The first-order chi connectivity index (χ1) is 15.2. The monoisotopic (exact) mass is 465 g/mol. The zero-order valence-electron chi connectivity index (χ0n) is 22.5. The topological polar surface area (TPSA) is 79.0 Å². The summed E-state index contributed by atoms with van der Waals surface area (Å²) in [7, 11) is 1.74. The highest BCUT2D eigenvalue weighted by molar-refractivity contribution is 5.91. The Morgan fingerprint density at radius 2 is 1.76 bits per heavy atom. The van der Waals surface area contributed by atoms with Crippen molar-refractivity contribution in [3.05, 3.63) is 11.6 Å². The number of carbonyl (C=O) groups excluding carboxylic acids is 3. The normalized spacial score (nSPS) is 19.9. The quantitative estimate of drug-likeness (QED) is 0.414. The summed E-state index contributed by atoms with van der Waals surface area (Å²) in [6.07, 6.45) is 4.71. The molecule has 1 rings (SSSR count). The number of amides is 2. The number of nitrogens with one attached hydrogen (secondary N) is 1. The third-order valence-corrected chi connectivity index (χ3v) is 6.41. The molecule has 1 N–H and O–H groups in total. The minimum absolute atomic E-state index is 0.0782. The number of nitrogens with zero attached hydrogens (tertiary/aromatic N) is 2. The van der Waals surface area contributed by atoms with Gasteiger partial charge in [0.25, 0.3) is 0 Å². The summed E-state index contributed by atoms with van der Waals surface area (Å²) in [6.45, 7) is 18.8. The van der Waals surface area contributed by atoms with Crippen LogP contribution in [0, 0.1) is 11.3 Å². The molecule has 190 valence electrons. The molecule has 0 radical (unpaired) electrons. The Kier molecular flexibility index (Phi) is 11.1. The first-order valence-corrected chi connectivity index (χ1v) is 12.4. The van der Waals surface area contributed by atoms with Gasteiger partial charge in [0.15, 0.2) is 0 Å². The van der Waals surface area contributed by atoms with Gasteiger partial charge in [0, 0.05) is 18.7 Å². The Labute approximate surface area is 201 Å². The fourth-order valence-corrected chi connectivity index (χ4v) is 4.41. The number of hydrogen-bond donors (Lipinski definition) is 1. The highest BCUT2D eigenvalue weighted by Crippen LogP contribution is 2.26. The van der Waals surface area contributed by atoms with Gasteiger partial charge in [-0.25, -0.2) is 4.79 Å². The van der Waals surface area contributed by atoms with Crippen molar-refractivity contribution in [3.8, 4) is 0 Å². The molecule has 0 aliphatic carbocycles. The van der Waals surface area contributed by atoms with Crippen molar-refractivity contribution in [2.45, 2.75) is 106 Å². The molecule has 1 fully saturated rings. The minimum Gasteiger partial charge on any atom is -0.463 e. The van der Waals surface area contributed by atoms with E-state index in [1.165, 1.54) is 0 Å². The van der Waals surface area contributed by atoms with E-state index in [0.29, 0.717) is 12.2 Å². The lowest BCUT2D eigenvalue weighted by Gasteiger charge is -2.41. The van der Waals surface area contributed by atoms with Crippen molar-refractivity contribution >= 4 is 17.8 Å². The van der Waals surface area contributed by atoms with Gasteiger partial charge in [-0.2, -0.15) is 0 Å². The van der Waals surface area contributed by atoms with Gasteiger partial charge < -0.3 is 15.0 Å². The minimum atomic E-state index is -0.677. The van der Waals surface area contributed by atoms with E-state index in [4.69, 9.17) is 4.74 Å². The van der Waals surface area contributed by atoms with E-state index in [-0.39, 0.29) is 41.8 Å². The maximum absolute atomic E-state index is 13.7. The number of piperidine rings is 1. The smallest absolute Gasteiger partial charge is 0.333 e. The SMILES string of the molecule is CCOC(=O)C(C)=C[C@H](C(C)C)N(C)C(=O)C(NC(=O)[C@H]1CCCCN1C(C)C)C(C)(C)C. The number of rotatable bonds is 9. The van der Waals surface area contributed by atoms with Gasteiger partial charge in [-0.15, -0.1) is 0 Å². The van der Waals surface area contributed by atoms with E-state index in [1.54, 1.807) is 31.9 Å². The summed E-state index contributed by atoms with van der Waals surface area (Å²) in [5.74, 6) is -0.538. The number of carbonyl (C=O) groups is 3. The van der Waals surface area contributed by atoms with Crippen molar-refractivity contribution in [2.24, 2.45) is 11.3 Å². The van der Waals surface area contributed by atoms with Crippen molar-refractivity contribution in [2.75, 3.05) is 20.2 Å². The van der Waals surface area contributed by atoms with E-state index < -0.39 is 11.5 Å². The molecule has 3 atom stereocenters. The molecule has 0 aromatic carbocycles. The molecule has 0 aromatic heterocycles. The predicted molar refractivity (Wildman–Crippen MR) is 133 cm³/mol. The molecule has 1 saturated heterocycles. The van der Waals surface area contributed by atoms with Crippen LogP contribution in [0.25, 0.3) is 0 Å². The maximum Gasteiger partial charge on any atom is 0.333 e. The molecule has 7 nitrogen and oxygen atoms in total. The molecule has 1 aliphatic heterocycles. The van der Waals surface area contributed by atoms with Crippen LogP contribution in [0.2, 0.25) is 0 Å². The summed E-state index contributed by atoms with van der Waals surface area (Å²) >= 11 is 0. The van der Waals surface area contributed by atoms with Crippen LogP contribution in [0.15, 0.2) is 11.6 Å². The maximum atomic E-state index is 13.7. The largest absolute Gasteiger partial charge is 0.463 e. The van der Waals surface area contributed by atoms with Crippen LogP contribution in [0.4, 0.5) is 0 Å². The second-order valence-corrected chi connectivity index (χ2v) is 10.9. The second kappa shape index (κ2) is 12.5. The number of likely N-dealkylation sites (tertiary alicyclic amines) is 1. The van der Waals surface area contributed by atoms with Crippen LogP contribution in [0.3, 0.4) is 0 Å². The van der Waals surface area contributed by atoms with Crippen LogP contribution in [0.5, 0.6) is 0 Å². The van der Waals surface area contributed by atoms with Gasteiger partial charge in [-0.1, -0.05) is 47.1 Å². The zero-order valence-corrected chi connectivity index (χ0v) is 22.5. The van der Waals surface area contributed by atoms with Crippen LogP contribution in [-0.2, 0) is 19.1 Å². The molecule has 33 heavy (non-hydrogen) atoms. The second-order valence-electron chi connectivity index (χ2n) is 10.9. The molecule has 1 aliphatic rings. The van der Waals surface area contributed by atoms with Crippen molar-refractivity contribution in [1.29, 1.82) is 0 Å². The van der Waals surface area contributed by atoms with Crippen LogP contribution in [-0.4, -0.2) is 72.0 Å². The first kappa shape index (κ1) is 29.1. The van der Waals surface area contributed by atoms with E-state index in [1.807, 2.05) is 34.6 Å². The average Bonchev–Trinajstić information content (AvgIpc) is 2.73. The molecule has 7 heteroatoms. The molecule has 1 heterocycles. The Bertz CT molecular complexity index is 709. The van der Waals surface area contributed by atoms with Crippen LogP contribution in [0.1, 0.15) is 81.6 Å². The van der Waals surface area contributed by atoms with E-state index in [2.05, 4.69) is 24.1 Å². The molecule has 0 saturated carbocycles. The van der Waals surface area contributed by atoms with Crippen molar-refractivity contribution in [1.82, 2.24) is 15.1 Å². The van der Waals surface area contributed by atoms with Crippen LogP contribution < -0.4 is 5.32 Å². The molecule has 0 bridgehead atoms. The third-order valence-electron chi connectivity index (χ3n) is 6.41. The highest BCUT2D eigenvalue weighted by atomic mass is 16.5. The standard InChI is InChI=1S/C26H47N3O4/c1-11-33-25(32)19(6)16-21(17(2)3)28(10)24(31)22(26(7,8)9)27-23(30)20-14-12-13-15-29(20)18(4)5/h16-18,20-22H,11-15H2,1-10H3,(H,27,30)/t20-,21-,22?/m1/s1. The van der Waals surface area contributed by atoms with E-state index in [9.17, 15) is 14.4 Å². The number of hydrogen-bond acceptors (Lipinski definition) is 5. The fourth-order valence-electron chi connectivity index (χ4n) is 4.41. The molecule has 2 amide bonds. The fraction of sp³-hybridized carbons (Fsp3) is 0.808. The summed E-state index contributed by atoms with van der Waals surface area (Å²) in [4.78, 5) is 43.1. The summed E-state index contributed by atoms with van der Waals surface area (Å²) < 4.78 is 5.10. The predicted octanol–water partition coefficient (Wildman–Crippen LogP) is 3.77. The lowest BCUT2D eigenvalue weighted by Crippen LogP contribution is -2.60. The molecule has 0 spiro atoms. The van der Waals surface area contributed by atoms with Crippen LogP contribution >= 0.6 is 0 Å². The van der Waals surface area contributed by atoms with Gasteiger partial charge in [-0.3, -0.25) is 14.5 Å². The van der Waals surface area contributed by atoms with Crippen molar-refractivity contribution in [3.63, 3.8) is 0 Å². The first-order valence-electron chi connectivity index (χ1n) is 12.4. The lowest BCUT2D eigenvalue weighted by atomic mass is 9.84. The number of ether oxygens (including phenoxy) is 1. The average molecular weight is 466 g/mol. The highest BCUT2D eigenvalue weighted by Gasteiger charge is 2.39. The molecular weight excluding hydrogens is 418 g/mol. The van der Waals surface area contributed by atoms with Crippen molar-refractivity contribution < 1.29 is 19.1 Å². The lowest BCUT2D eigenvalue weighted by molar-refractivity contribution is -0.142. The van der Waals surface area contributed by atoms with Gasteiger partial charge >= 0.3 is 5.97 Å². The van der Waals surface area contributed by atoms with Gasteiger partial charge in [0.1, 0.15) is 6.04 Å².